The Balaban J connectivity index is 2.22. The molecule has 0 spiro atoms. The average Bonchev–Trinajstić information content (AvgIpc) is 2.68. The standard InChI is InChI=1S/C10H16N2O3S2/c1-3-9(13)11-10-12(4-2)7-5-17(14,15)6-8(7)16-10/h7-8H,3-6H2,1-2H3/t7-,8-/m1/s1. The summed E-state index contributed by atoms with van der Waals surface area (Å²) in [5.41, 5.74) is 0. The zero-order chi connectivity index (χ0) is 12.6. The zero-order valence-corrected chi connectivity index (χ0v) is 11.6. The van der Waals surface area contributed by atoms with Gasteiger partial charge in [0.05, 0.1) is 17.5 Å². The first-order valence-corrected chi connectivity index (χ1v) is 8.42. The van der Waals surface area contributed by atoms with Crippen molar-refractivity contribution < 1.29 is 13.2 Å². The van der Waals surface area contributed by atoms with Crippen molar-refractivity contribution in [1.82, 2.24) is 4.90 Å². The summed E-state index contributed by atoms with van der Waals surface area (Å²) in [6.07, 6.45) is 0.384. The molecular formula is C10H16N2O3S2. The lowest BCUT2D eigenvalue weighted by Crippen LogP contribution is -2.37. The van der Waals surface area contributed by atoms with Crippen molar-refractivity contribution in [2.75, 3.05) is 18.1 Å². The Kier molecular flexibility index (Phi) is 3.49. The molecule has 2 aliphatic rings. The molecule has 0 radical (unpaired) electrons. The van der Waals surface area contributed by atoms with Gasteiger partial charge in [0, 0.05) is 18.2 Å². The maximum absolute atomic E-state index is 11.5. The van der Waals surface area contributed by atoms with E-state index in [1.807, 2.05) is 11.8 Å². The molecule has 2 atom stereocenters. The van der Waals surface area contributed by atoms with Gasteiger partial charge in [0.25, 0.3) is 0 Å². The van der Waals surface area contributed by atoms with Gasteiger partial charge in [0.1, 0.15) is 0 Å². The SMILES string of the molecule is CCC(=O)N=C1S[C@@H]2CS(=O)(=O)C[C@H]2N1CC. The van der Waals surface area contributed by atoms with E-state index in [4.69, 9.17) is 0 Å². The number of amidine groups is 1. The van der Waals surface area contributed by atoms with Crippen LogP contribution in [0.5, 0.6) is 0 Å². The molecule has 0 aliphatic carbocycles. The number of nitrogens with zero attached hydrogens (tertiary/aromatic N) is 2. The maximum atomic E-state index is 11.5. The molecule has 96 valence electrons. The van der Waals surface area contributed by atoms with E-state index < -0.39 is 9.84 Å². The summed E-state index contributed by atoms with van der Waals surface area (Å²) in [6.45, 7) is 4.42. The monoisotopic (exact) mass is 276 g/mol. The first-order chi connectivity index (χ1) is 7.96. The Bertz CT molecular complexity index is 458. The van der Waals surface area contributed by atoms with Crippen LogP contribution < -0.4 is 0 Å². The highest BCUT2D eigenvalue weighted by molar-refractivity contribution is 8.15. The Morgan fingerprint density at radius 2 is 2.18 bits per heavy atom. The van der Waals surface area contributed by atoms with Crippen molar-refractivity contribution in [2.24, 2.45) is 4.99 Å². The highest BCUT2D eigenvalue weighted by atomic mass is 32.2. The number of carbonyl (C=O) groups excluding carboxylic acids is 1. The number of sulfone groups is 1. The fraction of sp³-hybridized carbons (Fsp3) is 0.800. The Labute approximate surface area is 106 Å². The Morgan fingerprint density at radius 1 is 1.47 bits per heavy atom. The Morgan fingerprint density at radius 3 is 2.76 bits per heavy atom. The van der Waals surface area contributed by atoms with E-state index in [9.17, 15) is 13.2 Å². The highest BCUT2D eigenvalue weighted by Crippen LogP contribution is 2.37. The molecule has 5 nitrogen and oxygen atoms in total. The van der Waals surface area contributed by atoms with Crippen molar-refractivity contribution in [3.63, 3.8) is 0 Å². The molecule has 2 fully saturated rings. The summed E-state index contributed by atoms with van der Waals surface area (Å²) in [4.78, 5) is 17.3. The highest BCUT2D eigenvalue weighted by Gasteiger charge is 2.48. The molecule has 2 rings (SSSR count). The number of rotatable bonds is 2. The number of thioether (sulfide) groups is 1. The summed E-state index contributed by atoms with van der Waals surface area (Å²) in [5.74, 6) is 0.254. The normalized spacial score (nSPS) is 33.1. The van der Waals surface area contributed by atoms with E-state index in [0.29, 0.717) is 18.1 Å². The second-order valence-corrected chi connectivity index (χ2v) is 7.59. The smallest absolute Gasteiger partial charge is 0.247 e. The molecule has 2 aliphatic heterocycles. The van der Waals surface area contributed by atoms with Crippen LogP contribution in [0.15, 0.2) is 4.99 Å². The van der Waals surface area contributed by atoms with Crippen molar-refractivity contribution >= 4 is 32.7 Å². The molecule has 0 saturated carbocycles. The van der Waals surface area contributed by atoms with Gasteiger partial charge in [-0.25, -0.2) is 8.42 Å². The van der Waals surface area contributed by atoms with E-state index in [0.717, 1.165) is 0 Å². The van der Waals surface area contributed by atoms with Crippen LogP contribution in [0.3, 0.4) is 0 Å². The van der Waals surface area contributed by atoms with Crippen LogP contribution in [-0.4, -0.2) is 53.7 Å². The van der Waals surface area contributed by atoms with E-state index in [1.54, 1.807) is 6.92 Å². The third kappa shape index (κ3) is 2.49. The largest absolute Gasteiger partial charge is 0.346 e. The van der Waals surface area contributed by atoms with Crippen molar-refractivity contribution in [3.05, 3.63) is 0 Å². The van der Waals surface area contributed by atoms with E-state index in [2.05, 4.69) is 4.99 Å². The molecule has 0 bridgehead atoms. The first kappa shape index (κ1) is 12.9. The third-order valence-corrected chi connectivity index (χ3v) is 6.29. The number of fused-ring (bicyclic) bond motifs is 1. The number of hydrogen-bond donors (Lipinski definition) is 0. The fourth-order valence-electron chi connectivity index (χ4n) is 2.19. The molecular weight excluding hydrogens is 260 g/mol. The van der Waals surface area contributed by atoms with Crippen LogP contribution >= 0.6 is 11.8 Å². The van der Waals surface area contributed by atoms with Crippen LogP contribution in [0.4, 0.5) is 0 Å². The molecule has 0 aromatic rings. The molecule has 2 heterocycles. The molecule has 7 heteroatoms. The maximum Gasteiger partial charge on any atom is 0.247 e. The second-order valence-electron chi connectivity index (χ2n) is 4.23. The summed E-state index contributed by atoms with van der Waals surface area (Å²) >= 11 is 1.44. The average molecular weight is 276 g/mol. The molecule has 0 unspecified atom stereocenters. The lowest BCUT2D eigenvalue weighted by Gasteiger charge is -2.22. The Hall–Kier alpha value is -0.560. The molecule has 0 N–H and O–H groups in total. The summed E-state index contributed by atoms with van der Waals surface area (Å²) in [6, 6.07) is -0.00148. The number of hydrogen-bond acceptors (Lipinski definition) is 4. The van der Waals surface area contributed by atoms with Gasteiger partial charge in [-0.05, 0) is 6.92 Å². The third-order valence-electron chi connectivity index (χ3n) is 3.04. The quantitative estimate of drug-likeness (QED) is 0.735. The molecule has 2 saturated heterocycles. The number of amides is 1. The van der Waals surface area contributed by atoms with Gasteiger partial charge in [-0.1, -0.05) is 18.7 Å². The van der Waals surface area contributed by atoms with Crippen LogP contribution in [0.2, 0.25) is 0 Å². The van der Waals surface area contributed by atoms with Gasteiger partial charge in [-0.3, -0.25) is 4.79 Å². The van der Waals surface area contributed by atoms with Gasteiger partial charge in [-0.15, -0.1) is 0 Å². The summed E-state index contributed by atoms with van der Waals surface area (Å²) in [5, 5.41) is 0.743. The molecule has 17 heavy (non-hydrogen) atoms. The lowest BCUT2D eigenvalue weighted by molar-refractivity contribution is -0.117. The lowest BCUT2D eigenvalue weighted by atomic mass is 10.2. The minimum Gasteiger partial charge on any atom is -0.346 e. The van der Waals surface area contributed by atoms with Crippen molar-refractivity contribution in [1.29, 1.82) is 0 Å². The van der Waals surface area contributed by atoms with Crippen LogP contribution in [0.1, 0.15) is 20.3 Å². The zero-order valence-electron chi connectivity index (χ0n) is 9.92. The predicted octanol–water partition coefficient (Wildman–Crippen LogP) is 0.513. The van der Waals surface area contributed by atoms with Gasteiger partial charge >= 0.3 is 0 Å². The summed E-state index contributed by atoms with van der Waals surface area (Å²) < 4.78 is 23.1. The van der Waals surface area contributed by atoms with Gasteiger partial charge in [-0.2, -0.15) is 4.99 Å². The molecule has 1 amide bonds. The fourth-order valence-corrected chi connectivity index (χ4v) is 6.22. The predicted molar refractivity (Wildman–Crippen MR) is 68.9 cm³/mol. The van der Waals surface area contributed by atoms with Crippen LogP contribution in [0.25, 0.3) is 0 Å². The first-order valence-electron chi connectivity index (χ1n) is 5.72. The van der Waals surface area contributed by atoms with Crippen molar-refractivity contribution in [2.45, 2.75) is 31.6 Å². The number of aliphatic imine (C=N–C) groups is 1. The number of carbonyl (C=O) groups is 1. The topological polar surface area (TPSA) is 66.8 Å². The summed E-state index contributed by atoms with van der Waals surface area (Å²) in [7, 11) is -2.91. The van der Waals surface area contributed by atoms with Gasteiger partial charge < -0.3 is 4.90 Å². The van der Waals surface area contributed by atoms with Crippen LogP contribution in [-0.2, 0) is 14.6 Å². The van der Waals surface area contributed by atoms with Gasteiger partial charge in [0.2, 0.25) is 5.91 Å². The molecule has 0 aromatic carbocycles. The minimum atomic E-state index is -2.91. The van der Waals surface area contributed by atoms with E-state index >= 15 is 0 Å². The second kappa shape index (κ2) is 4.61. The molecule has 0 aromatic heterocycles. The minimum absolute atomic E-state index is 0.00148. The van der Waals surface area contributed by atoms with Gasteiger partial charge in [0.15, 0.2) is 15.0 Å². The van der Waals surface area contributed by atoms with E-state index in [1.165, 1.54) is 11.8 Å². The van der Waals surface area contributed by atoms with Crippen molar-refractivity contribution in [3.8, 4) is 0 Å². The van der Waals surface area contributed by atoms with Crippen LogP contribution in [0, 0.1) is 0 Å². The van der Waals surface area contributed by atoms with E-state index in [-0.39, 0.29) is 28.7 Å².